The molecule has 1 saturated carbocycles. The molecule has 0 bridgehead atoms. The van der Waals surface area contributed by atoms with Gasteiger partial charge in [-0.25, -0.2) is 4.79 Å². The molecule has 1 aliphatic carbocycles. The van der Waals surface area contributed by atoms with Crippen LogP contribution in [-0.4, -0.2) is 62.0 Å². The molecule has 0 aromatic carbocycles. The van der Waals surface area contributed by atoms with Crippen molar-refractivity contribution in [2.45, 2.75) is 62.2 Å². The maximum Gasteiger partial charge on any atom is 0.344 e. The van der Waals surface area contributed by atoms with E-state index in [4.69, 9.17) is 4.42 Å². The zero-order valence-corrected chi connectivity index (χ0v) is 19.1. The number of imide groups is 1. The van der Waals surface area contributed by atoms with Gasteiger partial charge in [0.1, 0.15) is 11.3 Å². The first-order valence-corrected chi connectivity index (χ1v) is 12.3. The number of hydrogen-bond donors (Lipinski definition) is 2. The van der Waals surface area contributed by atoms with Crippen molar-refractivity contribution in [3.05, 3.63) is 24.2 Å². The number of aromatic nitrogens is 3. The Morgan fingerprint density at radius 1 is 1.15 bits per heavy atom. The van der Waals surface area contributed by atoms with Crippen LogP contribution >= 0.6 is 11.8 Å². The summed E-state index contributed by atoms with van der Waals surface area (Å²) in [5.74, 6) is 0.675. The fraction of sp³-hybridized carbons (Fsp3) is 0.571. The fourth-order valence-corrected chi connectivity index (χ4v) is 5.46. The first-order chi connectivity index (χ1) is 16.1. The van der Waals surface area contributed by atoms with E-state index in [1.54, 1.807) is 6.26 Å². The highest BCUT2D eigenvalue weighted by atomic mass is 32.2. The molecule has 4 amide bonds. The molecule has 3 aliphatic rings. The molecule has 176 valence electrons. The summed E-state index contributed by atoms with van der Waals surface area (Å²) in [7, 11) is 0. The van der Waals surface area contributed by atoms with Crippen LogP contribution in [0.2, 0.25) is 0 Å². The van der Waals surface area contributed by atoms with Gasteiger partial charge in [-0.2, -0.15) is 5.01 Å². The van der Waals surface area contributed by atoms with Gasteiger partial charge in [-0.15, -0.1) is 10.2 Å². The standard InChI is InChI=1S/C21H27N7O4S/c29-16(25-28-17(30)21(22-19(28)31)8-2-1-3-9-21)14-33-20-24-23-18(26-10-4-5-11-26)27(20)13-15-7-6-12-32-15/h6-7,12H,1-5,8-11,13-14H2,(H,22,31)(H,25,29). The number of nitrogens with zero attached hydrogens (tertiary/aromatic N) is 5. The highest BCUT2D eigenvalue weighted by molar-refractivity contribution is 7.99. The van der Waals surface area contributed by atoms with Crippen molar-refractivity contribution in [1.29, 1.82) is 0 Å². The Labute approximate surface area is 195 Å². The van der Waals surface area contributed by atoms with E-state index in [1.165, 1.54) is 11.8 Å². The largest absolute Gasteiger partial charge is 0.467 e. The van der Waals surface area contributed by atoms with Crippen LogP contribution in [0.25, 0.3) is 0 Å². The quantitative estimate of drug-likeness (QED) is 0.461. The Hall–Kier alpha value is -3.02. The smallest absolute Gasteiger partial charge is 0.344 e. The minimum Gasteiger partial charge on any atom is -0.467 e. The lowest BCUT2D eigenvalue weighted by Gasteiger charge is -2.30. The van der Waals surface area contributed by atoms with Crippen LogP contribution in [0.5, 0.6) is 0 Å². The van der Waals surface area contributed by atoms with Crippen LogP contribution in [0, 0.1) is 0 Å². The number of carbonyl (C=O) groups is 3. The number of hydrazine groups is 1. The summed E-state index contributed by atoms with van der Waals surface area (Å²) in [4.78, 5) is 40.1. The highest BCUT2D eigenvalue weighted by Crippen LogP contribution is 2.33. The summed E-state index contributed by atoms with van der Waals surface area (Å²) in [6.07, 6.45) is 7.85. The topological polar surface area (TPSA) is 126 Å². The number of urea groups is 1. The van der Waals surface area contributed by atoms with E-state index in [0.717, 1.165) is 61.9 Å². The Morgan fingerprint density at radius 2 is 1.94 bits per heavy atom. The summed E-state index contributed by atoms with van der Waals surface area (Å²) < 4.78 is 7.44. The number of carbonyl (C=O) groups excluding carboxylic acids is 3. The Kier molecular flexibility index (Phi) is 6.00. The molecular weight excluding hydrogens is 446 g/mol. The monoisotopic (exact) mass is 473 g/mol. The lowest BCUT2D eigenvalue weighted by molar-refractivity contribution is -0.139. The molecule has 4 heterocycles. The van der Waals surface area contributed by atoms with Gasteiger partial charge in [0.25, 0.3) is 5.91 Å². The molecule has 11 nitrogen and oxygen atoms in total. The van der Waals surface area contributed by atoms with Crippen molar-refractivity contribution in [3.63, 3.8) is 0 Å². The number of furan rings is 1. The van der Waals surface area contributed by atoms with E-state index < -0.39 is 17.5 Å². The predicted molar refractivity (Wildman–Crippen MR) is 119 cm³/mol. The van der Waals surface area contributed by atoms with Gasteiger partial charge in [-0.3, -0.25) is 19.6 Å². The molecule has 2 aliphatic heterocycles. The summed E-state index contributed by atoms with van der Waals surface area (Å²) in [5, 5.41) is 12.8. The van der Waals surface area contributed by atoms with Gasteiger partial charge in [0, 0.05) is 13.1 Å². The van der Waals surface area contributed by atoms with E-state index in [1.807, 2.05) is 16.7 Å². The minimum atomic E-state index is -0.871. The van der Waals surface area contributed by atoms with Crippen LogP contribution < -0.4 is 15.6 Å². The first kappa shape index (κ1) is 21.8. The highest BCUT2D eigenvalue weighted by Gasteiger charge is 2.52. The molecule has 2 N–H and O–H groups in total. The second-order valence-electron chi connectivity index (χ2n) is 8.68. The zero-order chi connectivity index (χ0) is 22.8. The number of rotatable bonds is 7. The number of hydrogen-bond acceptors (Lipinski definition) is 8. The maximum absolute atomic E-state index is 12.9. The lowest BCUT2D eigenvalue weighted by atomic mass is 9.82. The third kappa shape index (κ3) is 4.31. The van der Waals surface area contributed by atoms with Crippen molar-refractivity contribution in [3.8, 4) is 0 Å². The van der Waals surface area contributed by atoms with Crippen molar-refractivity contribution >= 4 is 35.6 Å². The summed E-state index contributed by atoms with van der Waals surface area (Å²) in [6.45, 7) is 2.27. The van der Waals surface area contributed by atoms with Gasteiger partial charge in [-0.05, 0) is 37.8 Å². The molecule has 1 spiro atoms. The molecule has 2 aromatic rings. The van der Waals surface area contributed by atoms with E-state index >= 15 is 0 Å². The van der Waals surface area contributed by atoms with Gasteiger partial charge in [0.15, 0.2) is 5.16 Å². The Bertz CT molecular complexity index is 1030. The van der Waals surface area contributed by atoms with Gasteiger partial charge >= 0.3 is 6.03 Å². The fourth-order valence-electron chi connectivity index (χ4n) is 4.74. The SMILES string of the molecule is O=C(CSc1nnc(N2CCCC2)n1Cc1ccco1)NN1C(=O)NC2(CCCCC2)C1=O. The number of anilines is 1. The van der Waals surface area contributed by atoms with Crippen LogP contribution in [0.4, 0.5) is 10.7 Å². The van der Waals surface area contributed by atoms with Crippen LogP contribution in [0.3, 0.4) is 0 Å². The maximum atomic E-state index is 12.9. The van der Waals surface area contributed by atoms with Crippen LogP contribution in [-0.2, 0) is 16.1 Å². The number of nitrogens with one attached hydrogen (secondary N) is 2. The average molecular weight is 474 g/mol. The van der Waals surface area contributed by atoms with Gasteiger partial charge in [-0.1, -0.05) is 31.0 Å². The molecular formula is C21H27N7O4S. The summed E-state index contributed by atoms with van der Waals surface area (Å²) in [5.41, 5.74) is 1.60. The third-order valence-corrected chi connectivity index (χ3v) is 7.38. The molecule has 0 radical (unpaired) electrons. The normalized spacial score (nSPS) is 20.0. The van der Waals surface area contributed by atoms with Crippen molar-refractivity contribution < 1.29 is 18.8 Å². The average Bonchev–Trinajstić information content (AvgIpc) is 3.61. The van der Waals surface area contributed by atoms with Crippen LogP contribution in [0.15, 0.2) is 28.0 Å². The van der Waals surface area contributed by atoms with Crippen molar-refractivity contribution in [1.82, 2.24) is 30.5 Å². The molecule has 33 heavy (non-hydrogen) atoms. The molecule has 5 rings (SSSR count). The number of amides is 4. The van der Waals surface area contributed by atoms with Crippen LogP contribution in [0.1, 0.15) is 50.7 Å². The minimum absolute atomic E-state index is 0.0135. The zero-order valence-electron chi connectivity index (χ0n) is 18.3. The van der Waals surface area contributed by atoms with E-state index in [-0.39, 0.29) is 11.7 Å². The predicted octanol–water partition coefficient (Wildman–Crippen LogP) is 1.90. The first-order valence-electron chi connectivity index (χ1n) is 11.4. The van der Waals surface area contributed by atoms with E-state index in [0.29, 0.717) is 24.5 Å². The number of thioether (sulfide) groups is 1. The molecule has 0 unspecified atom stereocenters. The molecule has 2 saturated heterocycles. The van der Waals surface area contributed by atoms with Crippen molar-refractivity contribution in [2.75, 3.05) is 23.7 Å². The second kappa shape index (κ2) is 9.08. The molecule has 0 atom stereocenters. The third-order valence-electron chi connectivity index (χ3n) is 6.42. The summed E-state index contributed by atoms with van der Waals surface area (Å²) in [6, 6.07) is 3.14. The molecule has 12 heteroatoms. The van der Waals surface area contributed by atoms with E-state index in [2.05, 4.69) is 25.8 Å². The van der Waals surface area contributed by atoms with Gasteiger partial charge < -0.3 is 14.6 Å². The van der Waals surface area contributed by atoms with E-state index in [9.17, 15) is 14.4 Å². The van der Waals surface area contributed by atoms with Crippen molar-refractivity contribution in [2.24, 2.45) is 0 Å². The summed E-state index contributed by atoms with van der Waals surface area (Å²) >= 11 is 1.21. The Morgan fingerprint density at radius 3 is 2.67 bits per heavy atom. The lowest BCUT2D eigenvalue weighted by Crippen LogP contribution is -2.51. The molecule has 2 aromatic heterocycles. The second-order valence-corrected chi connectivity index (χ2v) is 9.62. The molecule has 3 fully saturated rings. The van der Waals surface area contributed by atoms with Gasteiger partial charge in [0.05, 0.1) is 18.6 Å². The Balaban J connectivity index is 1.25. The van der Waals surface area contributed by atoms with Gasteiger partial charge in [0.2, 0.25) is 11.9 Å².